The zero-order valence-corrected chi connectivity index (χ0v) is 20.2. The molecule has 2 aromatic heterocycles. The summed E-state index contributed by atoms with van der Waals surface area (Å²) in [5.41, 5.74) is 2.71. The molecule has 196 valence electrons. The minimum Gasteiger partial charge on any atom is -0.380 e. The molecule has 0 aromatic carbocycles. The van der Waals surface area contributed by atoms with Gasteiger partial charge >= 0.3 is 12.2 Å². The number of rotatable bonds is 5. The molecule has 1 saturated carbocycles. The van der Waals surface area contributed by atoms with Gasteiger partial charge in [-0.05, 0) is 37.0 Å². The molecule has 4 rings (SSSR count). The Morgan fingerprint density at radius 1 is 1.22 bits per heavy atom. The molecule has 0 radical (unpaired) electrons. The number of hydrogen-bond donors (Lipinski definition) is 5. The first-order valence-corrected chi connectivity index (χ1v) is 12.0. The van der Waals surface area contributed by atoms with Crippen molar-refractivity contribution in [2.24, 2.45) is 4.99 Å². The van der Waals surface area contributed by atoms with Gasteiger partial charge in [-0.25, -0.2) is 14.8 Å². The van der Waals surface area contributed by atoms with Gasteiger partial charge < -0.3 is 10.4 Å². The van der Waals surface area contributed by atoms with Crippen molar-refractivity contribution >= 4 is 40.6 Å². The molecule has 1 fully saturated rings. The van der Waals surface area contributed by atoms with Gasteiger partial charge in [-0.2, -0.15) is 13.2 Å². The Balaban J connectivity index is 1.60. The Hall–Kier alpha value is -3.85. The molecule has 15 heteroatoms. The summed E-state index contributed by atoms with van der Waals surface area (Å²) in [6, 6.07) is 0.931. The average molecular weight is 538 g/mol. The quantitative estimate of drug-likeness (QED) is 0.368. The number of aliphatic hydroxyl groups is 1. The number of amidine groups is 1. The molecule has 11 nitrogen and oxygen atoms in total. The molecule has 0 bridgehead atoms. The van der Waals surface area contributed by atoms with Gasteiger partial charge in [0.1, 0.15) is 16.4 Å². The van der Waals surface area contributed by atoms with Crippen molar-refractivity contribution in [3.63, 3.8) is 0 Å². The van der Waals surface area contributed by atoms with Crippen LogP contribution < -0.4 is 21.5 Å². The van der Waals surface area contributed by atoms with Crippen molar-refractivity contribution in [3.05, 3.63) is 51.9 Å². The molecule has 5 N–H and O–H groups in total. The van der Waals surface area contributed by atoms with Gasteiger partial charge in [0.2, 0.25) is 0 Å². The zero-order valence-electron chi connectivity index (χ0n) is 19.3. The number of allylic oxidation sites excluding steroid dienone is 1. The Morgan fingerprint density at radius 2 is 1.97 bits per heavy atom. The molecule has 1 aliphatic heterocycles. The monoisotopic (exact) mass is 537 g/mol. The van der Waals surface area contributed by atoms with E-state index < -0.39 is 41.2 Å². The van der Waals surface area contributed by atoms with Crippen molar-refractivity contribution in [2.75, 3.05) is 6.54 Å². The number of carbonyl (C=O) groups excluding carboxylic acids is 3. The first-order valence-electron chi connectivity index (χ1n) is 11.1. The molecular weight excluding hydrogens is 515 g/mol. The Kier molecular flexibility index (Phi) is 7.27. The summed E-state index contributed by atoms with van der Waals surface area (Å²) in [4.78, 5) is 48.4. The number of pyridine rings is 1. The van der Waals surface area contributed by atoms with E-state index in [1.165, 1.54) is 24.7 Å². The molecule has 37 heavy (non-hydrogen) atoms. The maximum atomic E-state index is 13.2. The highest BCUT2D eigenvalue weighted by Gasteiger charge is 2.48. The fraction of sp³-hybridized carbons (Fsp3) is 0.364. The lowest BCUT2D eigenvalue weighted by Crippen LogP contribution is -2.47. The van der Waals surface area contributed by atoms with Crippen molar-refractivity contribution in [2.45, 2.75) is 43.9 Å². The van der Waals surface area contributed by atoms with Crippen molar-refractivity contribution in [1.29, 1.82) is 0 Å². The molecular formula is C22H22F3N7O4S. The molecule has 0 saturated heterocycles. The lowest BCUT2D eigenvalue weighted by Gasteiger charge is -2.23. The van der Waals surface area contributed by atoms with Gasteiger partial charge in [0, 0.05) is 42.9 Å². The Morgan fingerprint density at radius 3 is 2.62 bits per heavy atom. The number of aliphatic imine (C=N–C) groups is 1. The molecule has 0 spiro atoms. The van der Waals surface area contributed by atoms with Gasteiger partial charge in [0.25, 0.3) is 11.8 Å². The summed E-state index contributed by atoms with van der Waals surface area (Å²) < 4.78 is 39.6. The van der Waals surface area contributed by atoms with Crippen molar-refractivity contribution in [3.8, 4) is 0 Å². The van der Waals surface area contributed by atoms with Crippen LogP contribution in [0.25, 0.3) is 5.57 Å². The van der Waals surface area contributed by atoms with Gasteiger partial charge in [0.15, 0.2) is 5.69 Å². The van der Waals surface area contributed by atoms with E-state index in [9.17, 15) is 32.7 Å². The fourth-order valence-electron chi connectivity index (χ4n) is 3.46. The van der Waals surface area contributed by atoms with Gasteiger partial charge in [-0.15, -0.1) is 11.3 Å². The minimum atomic E-state index is -4.62. The van der Waals surface area contributed by atoms with E-state index >= 15 is 0 Å². The number of amides is 4. The van der Waals surface area contributed by atoms with Crippen LogP contribution in [0.2, 0.25) is 0 Å². The normalized spacial score (nSPS) is 18.2. The SMILES string of the molecule is CCNC(=O)NC1=NC=C(c2cncc(C(=O)NNC(=O)C3(O)CC3)c2)C(c2nc(C(F)(F)F)cs2)C1. The summed E-state index contributed by atoms with van der Waals surface area (Å²) in [6.07, 6.45) is 0.0490. The van der Waals surface area contributed by atoms with Crippen LogP contribution in [-0.4, -0.2) is 50.9 Å². The second-order valence-electron chi connectivity index (χ2n) is 8.37. The predicted molar refractivity (Wildman–Crippen MR) is 126 cm³/mol. The van der Waals surface area contributed by atoms with E-state index in [1.807, 2.05) is 0 Å². The molecule has 1 atom stereocenters. The van der Waals surface area contributed by atoms with Gasteiger partial charge in [-0.1, -0.05) is 0 Å². The number of alkyl halides is 3. The number of carbonyl (C=O) groups is 3. The molecule has 1 aliphatic carbocycles. The lowest BCUT2D eigenvalue weighted by atomic mass is 9.89. The molecule has 1 unspecified atom stereocenters. The maximum Gasteiger partial charge on any atom is 0.434 e. The van der Waals surface area contributed by atoms with Crippen LogP contribution in [0.4, 0.5) is 18.0 Å². The number of thiazole rings is 1. The number of urea groups is 1. The Bertz CT molecular complexity index is 1290. The predicted octanol–water partition coefficient (Wildman–Crippen LogP) is 2.09. The molecule has 4 amide bonds. The molecule has 2 aliphatic rings. The summed E-state index contributed by atoms with van der Waals surface area (Å²) in [5.74, 6) is -1.94. The first-order chi connectivity index (χ1) is 17.5. The van der Waals surface area contributed by atoms with E-state index in [0.29, 0.717) is 30.5 Å². The number of hydrogen-bond acceptors (Lipinski definition) is 8. The van der Waals surface area contributed by atoms with Crippen LogP contribution in [0, 0.1) is 0 Å². The third-order valence-corrected chi connectivity index (χ3v) is 6.57. The highest BCUT2D eigenvalue weighted by Crippen LogP contribution is 2.41. The smallest absolute Gasteiger partial charge is 0.380 e. The summed E-state index contributed by atoms with van der Waals surface area (Å²) in [6.45, 7) is 2.10. The van der Waals surface area contributed by atoms with E-state index in [4.69, 9.17) is 0 Å². The topological polar surface area (TPSA) is 158 Å². The second-order valence-corrected chi connectivity index (χ2v) is 9.26. The summed E-state index contributed by atoms with van der Waals surface area (Å²) in [5, 5.41) is 16.0. The average Bonchev–Trinajstić information content (AvgIpc) is 3.40. The number of nitrogens with zero attached hydrogens (tertiary/aromatic N) is 3. The summed E-state index contributed by atoms with van der Waals surface area (Å²) >= 11 is 0.816. The minimum absolute atomic E-state index is 0.0405. The number of nitrogens with one attached hydrogen (secondary N) is 4. The van der Waals surface area contributed by atoms with Crippen LogP contribution in [0.15, 0.2) is 35.0 Å². The first kappa shape index (κ1) is 26.2. The van der Waals surface area contributed by atoms with E-state index in [-0.39, 0.29) is 22.8 Å². The van der Waals surface area contributed by atoms with E-state index in [0.717, 1.165) is 16.7 Å². The number of halogens is 3. The van der Waals surface area contributed by atoms with Gasteiger partial charge in [0.05, 0.1) is 5.56 Å². The standard InChI is InChI=1S/C22H22F3N7O4S/c1-2-27-20(35)30-16-6-13(18-29-15(10-37-18)22(23,24)25)14(9-28-16)11-5-12(8-26-7-11)17(33)31-32-19(34)21(36)3-4-21/h5,7-10,13,36H,2-4,6H2,1H3,(H,31,33)(H,32,34)(H2,27,28,30,35). The third kappa shape index (κ3) is 6.11. The lowest BCUT2D eigenvalue weighted by molar-refractivity contribution is -0.140. The maximum absolute atomic E-state index is 13.2. The number of aromatic nitrogens is 2. The van der Waals surface area contributed by atoms with Crippen LogP contribution in [-0.2, 0) is 11.0 Å². The summed E-state index contributed by atoms with van der Waals surface area (Å²) in [7, 11) is 0. The van der Waals surface area contributed by atoms with E-state index in [1.54, 1.807) is 6.92 Å². The largest absolute Gasteiger partial charge is 0.434 e. The van der Waals surface area contributed by atoms with Crippen LogP contribution in [0.3, 0.4) is 0 Å². The third-order valence-electron chi connectivity index (χ3n) is 5.61. The number of hydrazine groups is 1. The molecule has 3 heterocycles. The van der Waals surface area contributed by atoms with Crippen molar-refractivity contribution in [1.82, 2.24) is 31.5 Å². The van der Waals surface area contributed by atoms with E-state index in [2.05, 4.69) is 36.4 Å². The second kappa shape index (κ2) is 10.3. The molecule has 2 aromatic rings. The zero-order chi connectivity index (χ0) is 26.8. The van der Waals surface area contributed by atoms with Crippen LogP contribution in [0.5, 0.6) is 0 Å². The van der Waals surface area contributed by atoms with Gasteiger partial charge in [-0.3, -0.25) is 30.7 Å². The highest BCUT2D eigenvalue weighted by atomic mass is 32.1. The van der Waals surface area contributed by atoms with Crippen molar-refractivity contribution < 1.29 is 32.7 Å². The Labute approximate surface area is 212 Å². The fourth-order valence-corrected chi connectivity index (χ4v) is 4.40. The highest BCUT2D eigenvalue weighted by molar-refractivity contribution is 7.09. The van der Waals surface area contributed by atoms with Crippen LogP contribution >= 0.6 is 11.3 Å². The van der Waals surface area contributed by atoms with Crippen LogP contribution in [0.1, 0.15) is 58.7 Å².